The molecule has 3 rings (SSSR count). The number of hydrogen-bond acceptors (Lipinski definition) is 6. The molecule has 1 atom stereocenters. The summed E-state index contributed by atoms with van der Waals surface area (Å²) < 4.78 is 6.89. The van der Waals surface area contributed by atoms with Gasteiger partial charge in [0.2, 0.25) is 0 Å². The van der Waals surface area contributed by atoms with Crippen LogP contribution >= 0.6 is 0 Å². The molecule has 0 saturated heterocycles. The molecule has 0 aromatic carbocycles. The molecule has 1 unspecified atom stereocenters. The number of aromatic nitrogens is 4. The Kier molecular flexibility index (Phi) is 3.64. The third-order valence-corrected chi connectivity index (χ3v) is 3.27. The first-order chi connectivity index (χ1) is 10.5. The average Bonchev–Trinajstić information content (AvgIpc) is 3.17. The van der Waals surface area contributed by atoms with Crippen LogP contribution in [0, 0.1) is 6.92 Å². The van der Waals surface area contributed by atoms with Gasteiger partial charge in [-0.2, -0.15) is 5.10 Å². The predicted octanol–water partition coefficient (Wildman–Crippen LogP) is 1.88. The molecule has 0 saturated carbocycles. The summed E-state index contributed by atoms with van der Waals surface area (Å²) in [5.41, 5.74) is -0.207. The first-order valence-corrected chi connectivity index (χ1v) is 6.91. The fourth-order valence-corrected chi connectivity index (χ4v) is 2.02. The summed E-state index contributed by atoms with van der Waals surface area (Å²) in [6, 6.07) is 8.97. The number of aryl methyl sites for hydroxylation is 1. The van der Waals surface area contributed by atoms with Crippen molar-refractivity contribution in [2.75, 3.05) is 11.9 Å². The minimum atomic E-state index is -1.12. The van der Waals surface area contributed by atoms with Gasteiger partial charge in [-0.15, -0.1) is 10.2 Å². The molecule has 114 valence electrons. The Morgan fingerprint density at radius 2 is 2.14 bits per heavy atom. The van der Waals surface area contributed by atoms with E-state index in [1.54, 1.807) is 29.8 Å². The van der Waals surface area contributed by atoms with Crippen molar-refractivity contribution in [3.63, 3.8) is 0 Å². The summed E-state index contributed by atoms with van der Waals surface area (Å²) >= 11 is 0. The molecule has 22 heavy (non-hydrogen) atoms. The van der Waals surface area contributed by atoms with Gasteiger partial charge in [-0.1, -0.05) is 0 Å². The van der Waals surface area contributed by atoms with E-state index >= 15 is 0 Å². The van der Waals surface area contributed by atoms with Crippen LogP contribution in [0.3, 0.4) is 0 Å². The molecule has 0 fully saturated rings. The highest BCUT2D eigenvalue weighted by Crippen LogP contribution is 2.21. The third-order valence-electron chi connectivity index (χ3n) is 3.27. The van der Waals surface area contributed by atoms with Gasteiger partial charge < -0.3 is 14.8 Å². The maximum absolute atomic E-state index is 10.4. The number of furan rings is 1. The van der Waals surface area contributed by atoms with Gasteiger partial charge in [0.05, 0.1) is 18.5 Å². The Morgan fingerprint density at radius 1 is 1.27 bits per heavy atom. The van der Waals surface area contributed by atoms with Gasteiger partial charge in [0.15, 0.2) is 5.82 Å². The van der Waals surface area contributed by atoms with Crippen molar-refractivity contribution < 1.29 is 9.52 Å². The molecule has 0 radical (unpaired) electrons. The smallest absolute Gasteiger partial charge is 0.175 e. The second-order valence-electron chi connectivity index (χ2n) is 5.28. The van der Waals surface area contributed by atoms with Crippen molar-refractivity contribution in [3.8, 4) is 5.82 Å². The molecule has 0 aliphatic carbocycles. The highest BCUT2D eigenvalue weighted by atomic mass is 16.4. The van der Waals surface area contributed by atoms with Crippen LogP contribution in [0.5, 0.6) is 0 Å². The van der Waals surface area contributed by atoms with Crippen LogP contribution in [0.25, 0.3) is 5.82 Å². The lowest BCUT2D eigenvalue weighted by Crippen LogP contribution is -2.30. The lowest BCUT2D eigenvalue weighted by Gasteiger charge is -2.21. The standard InChI is InChI=1S/C15H17N5O2/c1-11-7-8-20(19-11)14-6-5-13(17-18-14)16-10-15(2,21)12-4-3-9-22-12/h3-9,21H,10H2,1-2H3,(H,16,17). The van der Waals surface area contributed by atoms with Gasteiger partial charge in [-0.3, -0.25) is 0 Å². The zero-order valence-electron chi connectivity index (χ0n) is 12.4. The number of nitrogens with zero attached hydrogens (tertiary/aromatic N) is 4. The summed E-state index contributed by atoms with van der Waals surface area (Å²) in [6.45, 7) is 3.85. The minimum Gasteiger partial charge on any atom is -0.466 e. The first kappa shape index (κ1) is 14.3. The molecule has 0 aliphatic rings. The molecule has 3 heterocycles. The van der Waals surface area contributed by atoms with Crippen molar-refractivity contribution >= 4 is 5.82 Å². The number of anilines is 1. The Bertz CT molecular complexity index is 732. The maximum Gasteiger partial charge on any atom is 0.175 e. The van der Waals surface area contributed by atoms with Gasteiger partial charge in [0, 0.05) is 6.20 Å². The Balaban J connectivity index is 1.66. The molecular weight excluding hydrogens is 282 g/mol. The van der Waals surface area contributed by atoms with Gasteiger partial charge in [0.1, 0.15) is 17.2 Å². The van der Waals surface area contributed by atoms with E-state index in [-0.39, 0.29) is 6.54 Å². The Morgan fingerprint density at radius 3 is 2.73 bits per heavy atom. The third kappa shape index (κ3) is 2.99. The summed E-state index contributed by atoms with van der Waals surface area (Å²) in [4.78, 5) is 0. The molecule has 2 N–H and O–H groups in total. The van der Waals surface area contributed by atoms with E-state index in [4.69, 9.17) is 4.42 Å². The quantitative estimate of drug-likeness (QED) is 0.748. The minimum absolute atomic E-state index is 0.259. The molecule has 7 heteroatoms. The zero-order chi connectivity index (χ0) is 15.6. The number of nitrogens with one attached hydrogen (secondary N) is 1. The molecule has 0 spiro atoms. The normalized spacial score (nSPS) is 13.8. The van der Waals surface area contributed by atoms with Crippen molar-refractivity contribution in [2.24, 2.45) is 0 Å². The van der Waals surface area contributed by atoms with Crippen molar-refractivity contribution in [1.29, 1.82) is 0 Å². The fourth-order valence-electron chi connectivity index (χ4n) is 2.02. The van der Waals surface area contributed by atoms with Crippen LogP contribution in [0.2, 0.25) is 0 Å². The SMILES string of the molecule is Cc1ccn(-c2ccc(NCC(C)(O)c3ccco3)nn2)n1. The first-order valence-electron chi connectivity index (χ1n) is 6.91. The van der Waals surface area contributed by atoms with Crippen LogP contribution in [-0.2, 0) is 5.60 Å². The van der Waals surface area contributed by atoms with Crippen molar-refractivity contribution in [3.05, 3.63) is 54.2 Å². The average molecular weight is 299 g/mol. The molecule has 0 bridgehead atoms. The monoisotopic (exact) mass is 299 g/mol. The highest BCUT2D eigenvalue weighted by Gasteiger charge is 2.26. The van der Waals surface area contributed by atoms with E-state index < -0.39 is 5.60 Å². The van der Waals surface area contributed by atoms with E-state index in [1.165, 1.54) is 6.26 Å². The lowest BCUT2D eigenvalue weighted by molar-refractivity contribution is 0.0475. The molecule has 3 aromatic heterocycles. The van der Waals surface area contributed by atoms with Crippen LogP contribution in [-0.4, -0.2) is 31.6 Å². The molecular formula is C15H17N5O2. The van der Waals surface area contributed by atoms with Crippen LogP contribution in [0.15, 0.2) is 47.2 Å². The summed E-state index contributed by atoms with van der Waals surface area (Å²) in [5, 5.41) is 25.9. The topological polar surface area (TPSA) is 89.0 Å². The van der Waals surface area contributed by atoms with E-state index in [1.807, 2.05) is 25.3 Å². The summed E-state index contributed by atoms with van der Waals surface area (Å²) in [7, 11) is 0. The van der Waals surface area contributed by atoms with Gasteiger partial charge in [-0.05, 0) is 44.2 Å². The number of rotatable bonds is 5. The second kappa shape index (κ2) is 5.61. The van der Waals surface area contributed by atoms with Gasteiger partial charge in [0.25, 0.3) is 0 Å². The molecule has 0 aliphatic heterocycles. The Hall–Kier alpha value is -2.67. The van der Waals surface area contributed by atoms with Crippen LogP contribution in [0.1, 0.15) is 18.4 Å². The second-order valence-corrected chi connectivity index (χ2v) is 5.28. The number of aliphatic hydroxyl groups is 1. The molecule has 3 aromatic rings. The summed E-state index contributed by atoms with van der Waals surface area (Å²) in [5.74, 6) is 1.70. The van der Waals surface area contributed by atoms with Crippen molar-refractivity contribution in [1.82, 2.24) is 20.0 Å². The van der Waals surface area contributed by atoms with E-state index in [0.29, 0.717) is 17.4 Å². The highest BCUT2D eigenvalue weighted by molar-refractivity contribution is 5.37. The zero-order valence-corrected chi connectivity index (χ0v) is 12.4. The maximum atomic E-state index is 10.4. The predicted molar refractivity (Wildman–Crippen MR) is 80.7 cm³/mol. The Labute approximate surface area is 127 Å². The number of hydrogen-bond donors (Lipinski definition) is 2. The summed E-state index contributed by atoms with van der Waals surface area (Å²) in [6.07, 6.45) is 3.36. The lowest BCUT2D eigenvalue weighted by atomic mass is 10.0. The van der Waals surface area contributed by atoms with E-state index in [0.717, 1.165) is 5.69 Å². The fraction of sp³-hybridized carbons (Fsp3) is 0.267. The van der Waals surface area contributed by atoms with Crippen LogP contribution < -0.4 is 5.32 Å². The molecule has 0 amide bonds. The van der Waals surface area contributed by atoms with Gasteiger partial charge in [-0.25, -0.2) is 4.68 Å². The van der Waals surface area contributed by atoms with Gasteiger partial charge >= 0.3 is 0 Å². The van der Waals surface area contributed by atoms with E-state index in [2.05, 4.69) is 20.6 Å². The molecule has 7 nitrogen and oxygen atoms in total. The van der Waals surface area contributed by atoms with Crippen LogP contribution in [0.4, 0.5) is 5.82 Å². The van der Waals surface area contributed by atoms with Crippen molar-refractivity contribution in [2.45, 2.75) is 19.4 Å². The van der Waals surface area contributed by atoms with E-state index in [9.17, 15) is 5.11 Å². The largest absolute Gasteiger partial charge is 0.466 e.